The molecule has 0 unspecified atom stereocenters. The Morgan fingerprint density at radius 1 is 1.25 bits per heavy atom. The second-order valence-electron chi connectivity index (χ2n) is 7.17. The third-order valence-electron chi connectivity index (χ3n) is 5.20. The number of carbonyl (C=O) groups is 1. The predicted octanol–water partition coefficient (Wildman–Crippen LogP) is 2.55. The van der Waals surface area contributed by atoms with Crippen LogP contribution in [-0.2, 0) is 16.1 Å². The molecule has 0 spiro atoms. The van der Waals surface area contributed by atoms with E-state index in [4.69, 9.17) is 9.84 Å². The Hall–Kier alpha value is -1.46. The first-order valence-corrected chi connectivity index (χ1v) is 8.80. The molecule has 2 aliphatic rings. The average molecular weight is 335 g/mol. The Kier molecular flexibility index (Phi) is 5.51. The summed E-state index contributed by atoms with van der Waals surface area (Å²) in [6, 6.07) is 9.91. The minimum atomic E-state index is -1.56. The zero-order valence-electron chi connectivity index (χ0n) is 14.0. The van der Waals surface area contributed by atoms with Gasteiger partial charge in [0.1, 0.15) is 5.67 Å². The van der Waals surface area contributed by atoms with Gasteiger partial charge >= 0.3 is 0 Å². The largest absolute Gasteiger partial charge is 0.393 e. The third kappa shape index (κ3) is 4.14. The molecule has 1 saturated heterocycles. The number of hydrogen-bond acceptors (Lipinski definition) is 3. The molecule has 0 aromatic heterocycles. The second-order valence-corrected chi connectivity index (χ2v) is 7.17. The topological polar surface area (TPSA) is 49.8 Å². The summed E-state index contributed by atoms with van der Waals surface area (Å²) in [5.74, 6) is 0.164. The lowest BCUT2D eigenvalue weighted by molar-refractivity contribution is -0.149. The Bertz CT molecular complexity index is 539. The molecule has 1 saturated carbocycles. The van der Waals surface area contributed by atoms with Crippen molar-refractivity contribution in [1.82, 2.24) is 4.90 Å². The summed E-state index contributed by atoms with van der Waals surface area (Å²) in [5, 5.41) is 9.07. The molecule has 132 valence electrons. The van der Waals surface area contributed by atoms with Crippen molar-refractivity contribution in [2.75, 3.05) is 26.4 Å². The van der Waals surface area contributed by atoms with Gasteiger partial charge in [0, 0.05) is 32.2 Å². The third-order valence-corrected chi connectivity index (χ3v) is 5.20. The SMILES string of the molecule is O=C(C1CC(F)(CO)C1)N(Cc1ccccc1)CC1CCOCC1. The van der Waals surface area contributed by atoms with Crippen molar-refractivity contribution in [2.24, 2.45) is 11.8 Å². The normalized spacial score (nSPS) is 27.5. The minimum Gasteiger partial charge on any atom is -0.393 e. The van der Waals surface area contributed by atoms with Crippen LogP contribution in [0, 0.1) is 11.8 Å². The van der Waals surface area contributed by atoms with Gasteiger partial charge in [0.2, 0.25) is 5.91 Å². The van der Waals surface area contributed by atoms with E-state index in [9.17, 15) is 9.18 Å². The van der Waals surface area contributed by atoms with Gasteiger partial charge in [-0.15, -0.1) is 0 Å². The van der Waals surface area contributed by atoms with Crippen LogP contribution in [0.4, 0.5) is 4.39 Å². The van der Waals surface area contributed by atoms with Crippen LogP contribution in [0.1, 0.15) is 31.2 Å². The van der Waals surface area contributed by atoms with Crippen LogP contribution in [0.2, 0.25) is 0 Å². The molecule has 5 heteroatoms. The molecule has 1 amide bonds. The number of carbonyl (C=O) groups excluding carboxylic acids is 1. The highest BCUT2D eigenvalue weighted by Gasteiger charge is 2.48. The second kappa shape index (κ2) is 7.62. The molecule has 0 atom stereocenters. The summed E-state index contributed by atoms with van der Waals surface area (Å²) in [5.41, 5.74) is -0.469. The van der Waals surface area contributed by atoms with E-state index in [1.54, 1.807) is 0 Å². The maximum absolute atomic E-state index is 14.0. The minimum absolute atomic E-state index is 0.0204. The molecular weight excluding hydrogens is 309 g/mol. The van der Waals surface area contributed by atoms with Gasteiger partial charge in [-0.2, -0.15) is 0 Å². The molecule has 2 fully saturated rings. The lowest BCUT2D eigenvalue weighted by Gasteiger charge is -2.42. The van der Waals surface area contributed by atoms with Crippen molar-refractivity contribution in [1.29, 1.82) is 0 Å². The molecule has 0 bridgehead atoms. The lowest BCUT2D eigenvalue weighted by Crippen LogP contribution is -2.51. The number of benzene rings is 1. The number of hydrogen-bond donors (Lipinski definition) is 1. The standard InChI is InChI=1S/C19H26FNO3/c20-19(14-22)10-17(11-19)18(23)21(12-15-4-2-1-3-5-15)13-16-6-8-24-9-7-16/h1-5,16-17,22H,6-14H2. The molecule has 3 rings (SSSR count). The average Bonchev–Trinajstić information content (AvgIpc) is 2.59. The van der Waals surface area contributed by atoms with E-state index in [2.05, 4.69) is 0 Å². The Morgan fingerprint density at radius 3 is 2.54 bits per heavy atom. The van der Waals surface area contributed by atoms with Crippen LogP contribution >= 0.6 is 0 Å². The highest BCUT2D eigenvalue weighted by Crippen LogP contribution is 2.42. The van der Waals surface area contributed by atoms with Crippen molar-refractivity contribution in [3.63, 3.8) is 0 Å². The van der Waals surface area contributed by atoms with Gasteiger partial charge < -0.3 is 14.7 Å². The van der Waals surface area contributed by atoms with Crippen molar-refractivity contribution >= 4 is 5.91 Å². The summed E-state index contributed by atoms with van der Waals surface area (Å²) in [7, 11) is 0. The highest BCUT2D eigenvalue weighted by atomic mass is 19.1. The maximum atomic E-state index is 14.0. The van der Waals surface area contributed by atoms with Gasteiger partial charge in [0.05, 0.1) is 6.61 Å². The monoisotopic (exact) mass is 335 g/mol. The van der Waals surface area contributed by atoms with Gasteiger partial charge in [-0.3, -0.25) is 4.79 Å². The molecule has 1 N–H and O–H groups in total. The van der Waals surface area contributed by atoms with Gasteiger partial charge in [0.15, 0.2) is 0 Å². The number of ether oxygens (including phenoxy) is 1. The molecule has 1 aliphatic carbocycles. The van der Waals surface area contributed by atoms with E-state index >= 15 is 0 Å². The molecule has 1 aliphatic heterocycles. The Labute approximate surface area is 142 Å². The number of nitrogens with zero attached hydrogens (tertiary/aromatic N) is 1. The van der Waals surface area contributed by atoms with Gasteiger partial charge in [-0.25, -0.2) is 4.39 Å². The van der Waals surface area contributed by atoms with E-state index in [1.165, 1.54) is 0 Å². The van der Waals surface area contributed by atoms with E-state index < -0.39 is 12.3 Å². The molecule has 4 nitrogen and oxygen atoms in total. The van der Waals surface area contributed by atoms with Gasteiger partial charge in [-0.1, -0.05) is 30.3 Å². The van der Waals surface area contributed by atoms with Gasteiger partial charge in [0.25, 0.3) is 0 Å². The smallest absolute Gasteiger partial charge is 0.226 e. The molecular formula is C19H26FNO3. The summed E-state index contributed by atoms with van der Waals surface area (Å²) in [6.45, 7) is 2.27. The van der Waals surface area contributed by atoms with Crippen LogP contribution in [0.5, 0.6) is 0 Å². The number of amides is 1. The first-order valence-electron chi connectivity index (χ1n) is 8.80. The zero-order chi connectivity index (χ0) is 17.0. The number of halogens is 1. The van der Waals surface area contributed by atoms with Crippen molar-refractivity contribution in [2.45, 2.75) is 37.9 Å². The first kappa shape index (κ1) is 17.4. The lowest BCUT2D eigenvalue weighted by atomic mass is 9.72. The maximum Gasteiger partial charge on any atom is 0.226 e. The van der Waals surface area contributed by atoms with Gasteiger partial charge in [-0.05, 0) is 37.2 Å². The highest BCUT2D eigenvalue weighted by molar-refractivity contribution is 5.80. The predicted molar refractivity (Wildman–Crippen MR) is 89.1 cm³/mol. The van der Waals surface area contributed by atoms with Crippen molar-refractivity contribution < 1.29 is 19.0 Å². The molecule has 1 aromatic rings. The molecule has 0 radical (unpaired) electrons. The fourth-order valence-electron chi connectivity index (χ4n) is 3.66. The van der Waals surface area contributed by atoms with Crippen molar-refractivity contribution in [3.05, 3.63) is 35.9 Å². The van der Waals surface area contributed by atoms with Crippen LogP contribution in [0.3, 0.4) is 0 Å². The number of aliphatic hydroxyl groups excluding tert-OH is 1. The fraction of sp³-hybridized carbons (Fsp3) is 0.632. The number of aliphatic hydroxyl groups is 1. The van der Waals surface area contributed by atoms with Crippen molar-refractivity contribution in [3.8, 4) is 0 Å². The van der Waals surface area contributed by atoms with E-state index in [-0.39, 0.29) is 24.7 Å². The molecule has 24 heavy (non-hydrogen) atoms. The Balaban J connectivity index is 1.65. The number of rotatable bonds is 6. The first-order chi connectivity index (χ1) is 11.6. The summed E-state index contributed by atoms with van der Waals surface area (Å²) < 4.78 is 19.4. The van der Waals surface area contributed by atoms with Crippen LogP contribution in [-0.4, -0.2) is 47.9 Å². The van der Waals surface area contributed by atoms with E-state index in [0.717, 1.165) is 31.6 Å². The van der Waals surface area contributed by atoms with E-state index in [1.807, 2.05) is 35.2 Å². The van der Waals surface area contributed by atoms with Crippen LogP contribution in [0.15, 0.2) is 30.3 Å². The summed E-state index contributed by atoms with van der Waals surface area (Å²) >= 11 is 0. The zero-order valence-corrected chi connectivity index (χ0v) is 14.0. The quantitative estimate of drug-likeness (QED) is 0.869. The fourth-order valence-corrected chi connectivity index (χ4v) is 3.66. The van der Waals surface area contributed by atoms with Crippen LogP contribution in [0.25, 0.3) is 0 Å². The summed E-state index contributed by atoms with van der Waals surface area (Å²) in [6.07, 6.45) is 2.21. The number of alkyl halides is 1. The van der Waals surface area contributed by atoms with Crippen LogP contribution < -0.4 is 0 Å². The molecule has 1 aromatic carbocycles. The Morgan fingerprint density at radius 2 is 1.92 bits per heavy atom. The summed E-state index contributed by atoms with van der Waals surface area (Å²) in [4.78, 5) is 14.7. The molecule has 1 heterocycles. The van der Waals surface area contributed by atoms with E-state index in [0.29, 0.717) is 19.0 Å².